The van der Waals surface area contributed by atoms with E-state index in [1.807, 2.05) is 0 Å². The van der Waals surface area contributed by atoms with Crippen LogP contribution in [0, 0.1) is 20.8 Å². The molecule has 1 aliphatic rings. The summed E-state index contributed by atoms with van der Waals surface area (Å²) in [4.78, 5) is 0. The van der Waals surface area contributed by atoms with E-state index in [1.165, 1.54) is 35.1 Å². The number of hydrogen-bond acceptors (Lipinski definition) is 2. The van der Waals surface area contributed by atoms with Gasteiger partial charge in [-0.15, -0.1) is 0 Å². The molecule has 1 fully saturated rings. The Morgan fingerprint density at radius 2 is 1.94 bits per heavy atom. The van der Waals surface area contributed by atoms with Gasteiger partial charge < -0.3 is 10.1 Å². The molecular weight excluding hydrogens is 210 g/mol. The van der Waals surface area contributed by atoms with Gasteiger partial charge in [-0.1, -0.05) is 17.7 Å². The molecule has 1 unspecified atom stereocenters. The van der Waals surface area contributed by atoms with Gasteiger partial charge in [-0.3, -0.25) is 0 Å². The second kappa shape index (κ2) is 5.65. The lowest BCUT2D eigenvalue weighted by molar-refractivity contribution is 0.110. The fourth-order valence-corrected chi connectivity index (χ4v) is 2.65. The first-order valence-electron chi connectivity index (χ1n) is 6.56. The predicted octanol–water partition coefficient (Wildman–Crippen LogP) is 2.88. The first-order valence-corrected chi connectivity index (χ1v) is 6.56. The zero-order valence-electron chi connectivity index (χ0n) is 11.2. The van der Waals surface area contributed by atoms with E-state index in [9.17, 15) is 0 Å². The third-order valence-corrected chi connectivity index (χ3v) is 3.54. The van der Waals surface area contributed by atoms with Crippen LogP contribution in [0.5, 0.6) is 0 Å². The van der Waals surface area contributed by atoms with Gasteiger partial charge in [-0.25, -0.2) is 0 Å². The van der Waals surface area contributed by atoms with E-state index in [0.717, 1.165) is 19.7 Å². The summed E-state index contributed by atoms with van der Waals surface area (Å²) in [5.41, 5.74) is 5.57. The first-order chi connectivity index (χ1) is 8.16. The van der Waals surface area contributed by atoms with Crippen molar-refractivity contribution in [3.8, 4) is 0 Å². The smallest absolute Gasteiger partial charge is 0.0700 e. The van der Waals surface area contributed by atoms with E-state index in [-0.39, 0.29) is 0 Å². The lowest BCUT2D eigenvalue weighted by Crippen LogP contribution is -2.26. The summed E-state index contributed by atoms with van der Waals surface area (Å²) in [6.45, 7) is 9.43. The largest absolute Gasteiger partial charge is 0.377 e. The van der Waals surface area contributed by atoms with E-state index in [1.54, 1.807) is 0 Å². The van der Waals surface area contributed by atoms with Crippen LogP contribution >= 0.6 is 0 Å². The van der Waals surface area contributed by atoms with E-state index in [2.05, 4.69) is 38.2 Å². The summed E-state index contributed by atoms with van der Waals surface area (Å²) in [5.74, 6) is 0. The Hall–Kier alpha value is -0.860. The molecule has 17 heavy (non-hydrogen) atoms. The van der Waals surface area contributed by atoms with E-state index < -0.39 is 0 Å². The van der Waals surface area contributed by atoms with Gasteiger partial charge in [0, 0.05) is 19.7 Å². The van der Waals surface area contributed by atoms with Crippen molar-refractivity contribution < 1.29 is 4.74 Å². The molecule has 2 heteroatoms. The Morgan fingerprint density at radius 3 is 2.53 bits per heavy atom. The summed E-state index contributed by atoms with van der Waals surface area (Å²) in [6.07, 6.45) is 2.86. The Balaban J connectivity index is 1.89. The molecule has 1 aromatic carbocycles. The second-order valence-corrected chi connectivity index (χ2v) is 5.14. The summed E-state index contributed by atoms with van der Waals surface area (Å²) in [5, 5.41) is 3.52. The van der Waals surface area contributed by atoms with Crippen molar-refractivity contribution in [3.05, 3.63) is 34.4 Å². The average Bonchev–Trinajstić information content (AvgIpc) is 2.74. The number of nitrogens with one attached hydrogen (secondary N) is 1. The molecule has 0 bridgehead atoms. The summed E-state index contributed by atoms with van der Waals surface area (Å²) in [7, 11) is 0. The zero-order valence-corrected chi connectivity index (χ0v) is 11.2. The van der Waals surface area contributed by atoms with Crippen LogP contribution in [0.2, 0.25) is 0 Å². The number of rotatable bonds is 4. The maximum atomic E-state index is 5.61. The quantitative estimate of drug-likeness (QED) is 0.863. The van der Waals surface area contributed by atoms with Crippen molar-refractivity contribution in [2.45, 2.75) is 46.3 Å². The molecule has 1 atom stereocenters. The van der Waals surface area contributed by atoms with Crippen LogP contribution in [0.25, 0.3) is 0 Å². The van der Waals surface area contributed by atoms with Crippen LogP contribution in [0.15, 0.2) is 12.1 Å². The van der Waals surface area contributed by atoms with Gasteiger partial charge >= 0.3 is 0 Å². The highest BCUT2D eigenvalue weighted by atomic mass is 16.5. The molecule has 2 nitrogen and oxygen atoms in total. The number of hydrogen-bond donors (Lipinski definition) is 1. The minimum Gasteiger partial charge on any atom is -0.377 e. The van der Waals surface area contributed by atoms with E-state index >= 15 is 0 Å². The van der Waals surface area contributed by atoms with Crippen molar-refractivity contribution in [2.75, 3.05) is 13.2 Å². The van der Waals surface area contributed by atoms with Gasteiger partial charge in [0.05, 0.1) is 6.10 Å². The molecule has 0 radical (unpaired) electrons. The van der Waals surface area contributed by atoms with Crippen molar-refractivity contribution in [2.24, 2.45) is 0 Å². The van der Waals surface area contributed by atoms with Crippen LogP contribution in [0.3, 0.4) is 0 Å². The Bertz CT molecular complexity index is 358. The SMILES string of the molecule is Cc1cc(C)c(CNCC2CCCO2)c(C)c1. The van der Waals surface area contributed by atoms with Crippen molar-refractivity contribution in [1.82, 2.24) is 5.32 Å². The highest BCUT2D eigenvalue weighted by molar-refractivity contribution is 5.37. The van der Waals surface area contributed by atoms with Gasteiger partial charge in [-0.05, 0) is 50.3 Å². The zero-order chi connectivity index (χ0) is 12.3. The lowest BCUT2D eigenvalue weighted by Gasteiger charge is -2.14. The lowest BCUT2D eigenvalue weighted by atomic mass is 10.00. The molecule has 1 heterocycles. The summed E-state index contributed by atoms with van der Waals surface area (Å²) < 4.78 is 5.61. The number of benzene rings is 1. The third-order valence-electron chi connectivity index (χ3n) is 3.54. The van der Waals surface area contributed by atoms with Gasteiger partial charge in [0.15, 0.2) is 0 Å². The van der Waals surface area contributed by atoms with Crippen molar-refractivity contribution >= 4 is 0 Å². The van der Waals surface area contributed by atoms with Crippen LogP contribution in [-0.2, 0) is 11.3 Å². The normalized spacial score (nSPS) is 19.8. The van der Waals surface area contributed by atoms with E-state index in [4.69, 9.17) is 4.74 Å². The fourth-order valence-electron chi connectivity index (χ4n) is 2.65. The molecule has 0 aromatic heterocycles. The predicted molar refractivity (Wildman–Crippen MR) is 71.3 cm³/mol. The van der Waals surface area contributed by atoms with Gasteiger partial charge in [-0.2, -0.15) is 0 Å². The molecule has 2 rings (SSSR count). The molecule has 0 saturated carbocycles. The minimum absolute atomic E-state index is 0.432. The molecule has 0 amide bonds. The van der Waals surface area contributed by atoms with E-state index in [0.29, 0.717) is 6.10 Å². The molecule has 1 aliphatic heterocycles. The van der Waals surface area contributed by atoms with Crippen molar-refractivity contribution in [1.29, 1.82) is 0 Å². The van der Waals surface area contributed by atoms with Gasteiger partial charge in [0.2, 0.25) is 0 Å². The maximum Gasteiger partial charge on any atom is 0.0700 e. The first kappa shape index (κ1) is 12.6. The monoisotopic (exact) mass is 233 g/mol. The standard InChI is InChI=1S/C15H23NO/c1-11-7-12(2)15(13(3)8-11)10-16-9-14-5-4-6-17-14/h7-8,14,16H,4-6,9-10H2,1-3H3. The second-order valence-electron chi connectivity index (χ2n) is 5.14. The van der Waals surface area contributed by atoms with Crippen molar-refractivity contribution in [3.63, 3.8) is 0 Å². The fraction of sp³-hybridized carbons (Fsp3) is 0.600. The highest BCUT2D eigenvalue weighted by Gasteiger charge is 2.14. The average molecular weight is 233 g/mol. The Kier molecular flexibility index (Phi) is 4.19. The topological polar surface area (TPSA) is 21.3 Å². The highest BCUT2D eigenvalue weighted by Crippen LogP contribution is 2.16. The summed E-state index contributed by atoms with van der Waals surface area (Å²) in [6, 6.07) is 4.52. The van der Waals surface area contributed by atoms with Gasteiger partial charge in [0.25, 0.3) is 0 Å². The Morgan fingerprint density at radius 1 is 1.24 bits per heavy atom. The molecule has 0 aliphatic carbocycles. The minimum atomic E-state index is 0.432. The van der Waals surface area contributed by atoms with Crippen LogP contribution in [0.1, 0.15) is 35.1 Å². The number of aryl methyl sites for hydroxylation is 3. The molecule has 94 valence electrons. The molecule has 1 saturated heterocycles. The summed E-state index contributed by atoms with van der Waals surface area (Å²) >= 11 is 0. The Labute approximate surface area is 104 Å². The third kappa shape index (κ3) is 3.30. The number of ether oxygens (including phenoxy) is 1. The van der Waals surface area contributed by atoms with Crippen LogP contribution < -0.4 is 5.32 Å². The molecule has 0 spiro atoms. The molecule has 1 aromatic rings. The maximum absolute atomic E-state index is 5.61. The van der Waals surface area contributed by atoms with Crippen LogP contribution in [0.4, 0.5) is 0 Å². The van der Waals surface area contributed by atoms with Crippen LogP contribution in [-0.4, -0.2) is 19.3 Å². The van der Waals surface area contributed by atoms with Gasteiger partial charge in [0.1, 0.15) is 0 Å². The molecule has 1 N–H and O–H groups in total. The molecular formula is C15H23NO.